The largest absolute Gasteiger partial charge is 0.481 e. The zero-order chi connectivity index (χ0) is 16.4. The molecule has 2 unspecified atom stereocenters. The van der Waals surface area contributed by atoms with E-state index in [1.54, 1.807) is 6.20 Å². The Balaban J connectivity index is 1.87. The number of piperidine rings is 1. The fourth-order valence-corrected chi connectivity index (χ4v) is 3.24. The molecule has 1 aromatic heterocycles. The lowest BCUT2D eigenvalue weighted by atomic mass is 9.91. The van der Waals surface area contributed by atoms with Crippen LogP contribution in [0.5, 0.6) is 0 Å². The van der Waals surface area contributed by atoms with Gasteiger partial charge in [-0.25, -0.2) is 9.97 Å². The number of anilines is 1. The van der Waals surface area contributed by atoms with Crippen LogP contribution in [0.25, 0.3) is 11.3 Å². The number of carboxylic acid groups (broad SMARTS) is 1. The molecule has 0 saturated carbocycles. The van der Waals surface area contributed by atoms with Crippen molar-refractivity contribution in [3.8, 4) is 11.3 Å². The summed E-state index contributed by atoms with van der Waals surface area (Å²) in [7, 11) is 0. The number of benzene rings is 1. The van der Waals surface area contributed by atoms with Crippen LogP contribution < -0.4 is 4.90 Å². The third-order valence-corrected chi connectivity index (χ3v) is 4.60. The van der Waals surface area contributed by atoms with Gasteiger partial charge in [-0.2, -0.15) is 0 Å². The van der Waals surface area contributed by atoms with Crippen molar-refractivity contribution < 1.29 is 9.90 Å². The van der Waals surface area contributed by atoms with E-state index < -0.39 is 5.97 Å². The van der Waals surface area contributed by atoms with E-state index in [-0.39, 0.29) is 5.92 Å². The second-order valence-corrected chi connectivity index (χ2v) is 6.95. The summed E-state index contributed by atoms with van der Waals surface area (Å²) in [5.74, 6) is -0.197. The standard InChI is InChI=1S/C17H18BrN3O2/c1-11-8-13(16(22)23)10-21(9-11)17-19-7-6-15(20-17)12-2-4-14(18)5-3-12/h2-7,11,13H,8-10H2,1H3,(H,22,23). The molecule has 1 aromatic carbocycles. The number of hydrogen-bond donors (Lipinski definition) is 1. The van der Waals surface area contributed by atoms with E-state index in [1.807, 2.05) is 35.2 Å². The van der Waals surface area contributed by atoms with Crippen molar-refractivity contribution in [1.82, 2.24) is 9.97 Å². The number of aliphatic carboxylic acids is 1. The maximum absolute atomic E-state index is 11.3. The third kappa shape index (κ3) is 3.69. The number of halogens is 1. The summed E-state index contributed by atoms with van der Waals surface area (Å²) in [5, 5.41) is 9.31. The highest BCUT2D eigenvalue weighted by atomic mass is 79.9. The van der Waals surface area contributed by atoms with Crippen molar-refractivity contribution in [3.05, 3.63) is 41.0 Å². The second kappa shape index (κ2) is 6.66. The average molecular weight is 376 g/mol. The van der Waals surface area contributed by atoms with E-state index in [0.717, 1.165) is 22.3 Å². The SMILES string of the molecule is CC1CC(C(=O)O)CN(c2nccc(-c3ccc(Br)cc3)n2)C1. The van der Waals surface area contributed by atoms with E-state index in [0.29, 0.717) is 24.8 Å². The summed E-state index contributed by atoms with van der Waals surface area (Å²) in [6.07, 6.45) is 2.44. The Hall–Kier alpha value is -1.95. The first-order valence-corrected chi connectivity index (χ1v) is 8.39. The maximum atomic E-state index is 11.3. The Kier molecular flexibility index (Phi) is 4.61. The van der Waals surface area contributed by atoms with Crippen LogP contribution in [0.2, 0.25) is 0 Å². The van der Waals surface area contributed by atoms with Gasteiger partial charge in [0.15, 0.2) is 0 Å². The first kappa shape index (κ1) is 15.9. The van der Waals surface area contributed by atoms with Crippen molar-refractivity contribution in [1.29, 1.82) is 0 Å². The van der Waals surface area contributed by atoms with Crippen LogP contribution in [0.1, 0.15) is 13.3 Å². The molecule has 1 fully saturated rings. The van der Waals surface area contributed by atoms with Gasteiger partial charge < -0.3 is 10.0 Å². The summed E-state index contributed by atoms with van der Waals surface area (Å²) in [6.45, 7) is 3.32. The number of carboxylic acids is 1. The lowest BCUT2D eigenvalue weighted by molar-refractivity contribution is -0.142. The molecular weight excluding hydrogens is 358 g/mol. The highest BCUT2D eigenvalue weighted by Crippen LogP contribution is 2.26. The van der Waals surface area contributed by atoms with Crippen molar-refractivity contribution in [2.24, 2.45) is 11.8 Å². The van der Waals surface area contributed by atoms with Crippen LogP contribution in [0.4, 0.5) is 5.95 Å². The number of nitrogens with zero attached hydrogens (tertiary/aromatic N) is 3. The van der Waals surface area contributed by atoms with Gasteiger partial charge in [0.25, 0.3) is 0 Å². The monoisotopic (exact) mass is 375 g/mol. The first-order valence-electron chi connectivity index (χ1n) is 7.59. The molecule has 3 rings (SSSR count). The minimum Gasteiger partial charge on any atom is -0.481 e. The molecule has 2 aromatic rings. The number of hydrogen-bond acceptors (Lipinski definition) is 4. The van der Waals surface area contributed by atoms with Crippen molar-refractivity contribution in [2.45, 2.75) is 13.3 Å². The molecule has 0 spiro atoms. The first-order chi connectivity index (χ1) is 11.0. The molecule has 2 atom stereocenters. The number of aromatic nitrogens is 2. The Labute approximate surface area is 143 Å². The molecule has 1 N–H and O–H groups in total. The van der Waals surface area contributed by atoms with Crippen LogP contribution in [-0.2, 0) is 4.79 Å². The summed E-state index contributed by atoms with van der Waals surface area (Å²) >= 11 is 3.43. The Bertz CT molecular complexity index is 705. The summed E-state index contributed by atoms with van der Waals surface area (Å²) in [4.78, 5) is 22.3. The van der Waals surface area contributed by atoms with Gasteiger partial charge in [0.05, 0.1) is 11.6 Å². The highest BCUT2D eigenvalue weighted by molar-refractivity contribution is 9.10. The fraction of sp³-hybridized carbons (Fsp3) is 0.353. The molecule has 6 heteroatoms. The van der Waals surface area contributed by atoms with Crippen molar-refractivity contribution >= 4 is 27.8 Å². The predicted molar refractivity (Wildman–Crippen MR) is 92.3 cm³/mol. The number of rotatable bonds is 3. The molecule has 0 aliphatic carbocycles. The maximum Gasteiger partial charge on any atom is 0.308 e. The average Bonchev–Trinajstić information content (AvgIpc) is 2.55. The smallest absolute Gasteiger partial charge is 0.308 e. The number of carbonyl (C=O) groups is 1. The quantitative estimate of drug-likeness (QED) is 0.889. The van der Waals surface area contributed by atoms with E-state index in [1.165, 1.54) is 0 Å². The van der Waals surface area contributed by atoms with E-state index in [9.17, 15) is 9.90 Å². The van der Waals surface area contributed by atoms with Gasteiger partial charge >= 0.3 is 5.97 Å². The lowest BCUT2D eigenvalue weighted by Crippen LogP contribution is -2.43. The Morgan fingerprint density at radius 1 is 1.26 bits per heavy atom. The van der Waals surface area contributed by atoms with Crippen LogP contribution in [0.15, 0.2) is 41.0 Å². The Morgan fingerprint density at radius 2 is 2.00 bits per heavy atom. The fourth-order valence-electron chi connectivity index (χ4n) is 2.98. The molecule has 5 nitrogen and oxygen atoms in total. The summed E-state index contributed by atoms with van der Waals surface area (Å²) in [6, 6.07) is 9.81. The Morgan fingerprint density at radius 3 is 2.70 bits per heavy atom. The summed E-state index contributed by atoms with van der Waals surface area (Å²) in [5.41, 5.74) is 1.85. The molecule has 1 aliphatic heterocycles. The van der Waals surface area contributed by atoms with Gasteiger partial charge in [-0.15, -0.1) is 0 Å². The van der Waals surface area contributed by atoms with E-state index >= 15 is 0 Å². The van der Waals surface area contributed by atoms with Gasteiger partial charge in [0, 0.05) is 29.3 Å². The molecule has 1 saturated heterocycles. The van der Waals surface area contributed by atoms with E-state index in [2.05, 4.69) is 32.8 Å². The molecule has 2 heterocycles. The highest BCUT2D eigenvalue weighted by Gasteiger charge is 2.30. The van der Waals surface area contributed by atoms with Crippen molar-refractivity contribution in [2.75, 3.05) is 18.0 Å². The second-order valence-electron chi connectivity index (χ2n) is 6.03. The molecule has 120 valence electrons. The molecule has 23 heavy (non-hydrogen) atoms. The molecule has 0 radical (unpaired) electrons. The normalized spacial score (nSPS) is 21.2. The summed E-state index contributed by atoms with van der Waals surface area (Å²) < 4.78 is 1.02. The zero-order valence-electron chi connectivity index (χ0n) is 12.8. The zero-order valence-corrected chi connectivity index (χ0v) is 14.4. The van der Waals surface area contributed by atoms with E-state index in [4.69, 9.17) is 0 Å². The van der Waals surface area contributed by atoms with Crippen LogP contribution >= 0.6 is 15.9 Å². The van der Waals surface area contributed by atoms with Gasteiger partial charge in [-0.3, -0.25) is 4.79 Å². The van der Waals surface area contributed by atoms with Gasteiger partial charge in [-0.1, -0.05) is 35.0 Å². The van der Waals surface area contributed by atoms with Crippen molar-refractivity contribution in [3.63, 3.8) is 0 Å². The van der Waals surface area contributed by atoms with Crippen LogP contribution in [-0.4, -0.2) is 34.1 Å². The molecule has 0 amide bonds. The van der Waals surface area contributed by atoms with Gasteiger partial charge in [-0.05, 0) is 30.5 Å². The molecular formula is C17H18BrN3O2. The minimum atomic E-state index is -0.745. The minimum absolute atomic E-state index is 0.310. The molecule has 1 aliphatic rings. The third-order valence-electron chi connectivity index (χ3n) is 4.07. The van der Waals surface area contributed by atoms with Crippen LogP contribution in [0, 0.1) is 11.8 Å². The molecule has 0 bridgehead atoms. The topological polar surface area (TPSA) is 66.3 Å². The predicted octanol–water partition coefficient (Wildman–Crippen LogP) is 3.45. The van der Waals surface area contributed by atoms with Crippen LogP contribution in [0.3, 0.4) is 0 Å². The lowest BCUT2D eigenvalue weighted by Gasteiger charge is -2.34. The van der Waals surface area contributed by atoms with Gasteiger partial charge in [0.2, 0.25) is 5.95 Å². The van der Waals surface area contributed by atoms with Gasteiger partial charge in [0.1, 0.15) is 0 Å².